The van der Waals surface area contributed by atoms with Crippen molar-refractivity contribution in [2.45, 2.75) is 4.90 Å². The van der Waals surface area contributed by atoms with Crippen molar-refractivity contribution in [2.75, 3.05) is 5.32 Å². The van der Waals surface area contributed by atoms with Gasteiger partial charge in [-0.3, -0.25) is 4.79 Å². The number of carbonyl (C=O) groups is 1. The Morgan fingerprint density at radius 1 is 1.12 bits per heavy atom. The molecule has 0 aliphatic carbocycles. The van der Waals surface area contributed by atoms with E-state index in [9.17, 15) is 17.6 Å². The molecule has 3 N–H and O–H groups in total. The van der Waals surface area contributed by atoms with Gasteiger partial charge in [0, 0.05) is 5.69 Å². The highest BCUT2D eigenvalue weighted by atomic mass is 32.2. The van der Waals surface area contributed by atoms with Gasteiger partial charge in [0.2, 0.25) is 10.0 Å². The lowest BCUT2D eigenvalue weighted by atomic mass is 10.1. The number of hydrogen-bond donors (Lipinski definition) is 2. The number of nitrogens with two attached hydrogens (primary N) is 1. The van der Waals surface area contributed by atoms with Crippen LogP contribution in [-0.2, 0) is 14.8 Å². The van der Waals surface area contributed by atoms with Gasteiger partial charge in [0.15, 0.2) is 0 Å². The van der Waals surface area contributed by atoms with Gasteiger partial charge in [0.25, 0.3) is 5.91 Å². The maximum atomic E-state index is 12.9. The highest BCUT2D eigenvalue weighted by Crippen LogP contribution is 2.15. The van der Waals surface area contributed by atoms with Crippen LogP contribution in [0.15, 0.2) is 59.0 Å². The second-order valence-corrected chi connectivity index (χ2v) is 6.31. The molecule has 24 heavy (non-hydrogen) atoms. The van der Waals surface area contributed by atoms with Gasteiger partial charge >= 0.3 is 0 Å². The summed E-state index contributed by atoms with van der Waals surface area (Å²) in [5.74, 6) is -1.10. The first kappa shape index (κ1) is 17.3. The molecule has 0 aliphatic rings. The van der Waals surface area contributed by atoms with Gasteiger partial charge in [0.1, 0.15) is 17.5 Å². The largest absolute Gasteiger partial charge is 0.321 e. The zero-order chi connectivity index (χ0) is 17.7. The number of hydrogen-bond acceptors (Lipinski definition) is 4. The molecule has 6 nitrogen and oxygen atoms in total. The minimum absolute atomic E-state index is 0.0946. The zero-order valence-electron chi connectivity index (χ0n) is 12.2. The number of nitrogens with one attached hydrogen (secondary N) is 1. The van der Waals surface area contributed by atoms with Crippen LogP contribution in [0.25, 0.3) is 6.08 Å². The van der Waals surface area contributed by atoms with E-state index in [1.165, 1.54) is 54.6 Å². The third-order valence-electron chi connectivity index (χ3n) is 2.99. The van der Waals surface area contributed by atoms with E-state index in [0.717, 1.165) is 0 Å². The summed E-state index contributed by atoms with van der Waals surface area (Å²) in [5, 5.41) is 16.5. The molecular weight excluding hydrogens is 333 g/mol. The van der Waals surface area contributed by atoms with Crippen molar-refractivity contribution in [3.63, 3.8) is 0 Å². The molecule has 0 fully saturated rings. The summed E-state index contributed by atoms with van der Waals surface area (Å²) < 4.78 is 35.2. The summed E-state index contributed by atoms with van der Waals surface area (Å²) in [5.41, 5.74) is 0.609. The average Bonchev–Trinajstić information content (AvgIpc) is 2.54. The Balaban J connectivity index is 2.18. The predicted octanol–water partition coefficient (Wildman–Crippen LogP) is 2.02. The quantitative estimate of drug-likeness (QED) is 0.652. The molecule has 1 amide bonds. The predicted molar refractivity (Wildman–Crippen MR) is 86.4 cm³/mol. The number of primary sulfonamides is 1. The van der Waals surface area contributed by atoms with Crippen LogP contribution in [0.2, 0.25) is 0 Å². The van der Waals surface area contributed by atoms with Crippen molar-refractivity contribution in [1.29, 1.82) is 5.26 Å². The van der Waals surface area contributed by atoms with Gasteiger partial charge in [-0.1, -0.05) is 12.1 Å². The molecule has 0 atom stereocenters. The van der Waals surface area contributed by atoms with E-state index in [1.807, 2.05) is 0 Å². The molecule has 0 radical (unpaired) electrons. The first-order valence-electron chi connectivity index (χ1n) is 6.61. The van der Waals surface area contributed by atoms with E-state index < -0.39 is 21.7 Å². The first-order valence-corrected chi connectivity index (χ1v) is 8.16. The van der Waals surface area contributed by atoms with Gasteiger partial charge in [-0.15, -0.1) is 0 Å². The number of benzene rings is 2. The number of halogens is 1. The minimum atomic E-state index is -3.82. The summed E-state index contributed by atoms with van der Waals surface area (Å²) in [6.45, 7) is 0. The number of rotatable bonds is 4. The summed E-state index contributed by atoms with van der Waals surface area (Å²) in [6, 6.07) is 12.2. The zero-order valence-corrected chi connectivity index (χ0v) is 13.0. The van der Waals surface area contributed by atoms with Crippen molar-refractivity contribution in [2.24, 2.45) is 5.14 Å². The van der Waals surface area contributed by atoms with Crippen molar-refractivity contribution >= 4 is 27.7 Å². The SMILES string of the molecule is N#CC(=Cc1ccc(F)cc1)C(=O)Nc1ccc(S(N)(=O)=O)cc1. The molecule has 122 valence electrons. The number of amides is 1. The van der Waals surface area contributed by atoms with Crippen molar-refractivity contribution < 1.29 is 17.6 Å². The molecule has 8 heteroatoms. The Kier molecular flexibility index (Phi) is 5.08. The second kappa shape index (κ2) is 7.04. The third kappa shape index (κ3) is 4.49. The van der Waals surface area contributed by atoms with E-state index in [-0.39, 0.29) is 10.5 Å². The van der Waals surface area contributed by atoms with Crippen LogP contribution in [0.5, 0.6) is 0 Å². The van der Waals surface area contributed by atoms with E-state index in [2.05, 4.69) is 5.32 Å². The molecule has 0 saturated heterocycles. The molecule has 0 spiro atoms. The van der Waals surface area contributed by atoms with Gasteiger partial charge in [-0.2, -0.15) is 5.26 Å². The lowest BCUT2D eigenvalue weighted by Gasteiger charge is -2.05. The van der Waals surface area contributed by atoms with E-state index >= 15 is 0 Å². The van der Waals surface area contributed by atoms with Crippen LogP contribution in [0.4, 0.5) is 10.1 Å². The smallest absolute Gasteiger partial charge is 0.266 e. The van der Waals surface area contributed by atoms with Crippen LogP contribution >= 0.6 is 0 Å². The molecule has 0 bridgehead atoms. The number of anilines is 1. The van der Waals surface area contributed by atoms with Crippen molar-refractivity contribution in [1.82, 2.24) is 0 Å². The Bertz CT molecular complexity index is 928. The van der Waals surface area contributed by atoms with Gasteiger partial charge in [-0.05, 0) is 48.0 Å². The summed E-state index contributed by atoms with van der Waals surface area (Å²) in [4.78, 5) is 12.0. The molecule has 0 saturated carbocycles. The van der Waals surface area contributed by atoms with Gasteiger partial charge in [-0.25, -0.2) is 17.9 Å². The molecule has 0 unspecified atom stereocenters. The van der Waals surface area contributed by atoms with Gasteiger partial charge < -0.3 is 5.32 Å². The van der Waals surface area contributed by atoms with E-state index in [0.29, 0.717) is 11.3 Å². The fraction of sp³-hybridized carbons (Fsp3) is 0. The van der Waals surface area contributed by atoms with Crippen molar-refractivity contribution in [3.05, 3.63) is 65.5 Å². The summed E-state index contributed by atoms with van der Waals surface area (Å²) >= 11 is 0. The highest BCUT2D eigenvalue weighted by molar-refractivity contribution is 7.89. The first-order chi connectivity index (χ1) is 11.3. The van der Waals surface area contributed by atoms with E-state index in [1.54, 1.807) is 6.07 Å². The monoisotopic (exact) mass is 345 g/mol. The fourth-order valence-electron chi connectivity index (χ4n) is 1.80. The Morgan fingerprint density at radius 2 is 1.71 bits per heavy atom. The van der Waals surface area contributed by atoms with Crippen molar-refractivity contribution in [3.8, 4) is 6.07 Å². The van der Waals surface area contributed by atoms with Gasteiger partial charge in [0.05, 0.1) is 4.90 Å². The molecule has 2 rings (SSSR count). The molecule has 0 heterocycles. The number of nitrogens with zero attached hydrogens (tertiary/aromatic N) is 1. The van der Waals surface area contributed by atoms with Crippen LogP contribution in [0, 0.1) is 17.1 Å². The lowest BCUT2D eigenvalue weighted by molar-refractivity contribution is -0.112. The number of nitriles is 1. The Labute approximate surface area is 138 Å². The van der Waals surface area contributed by atoms with Crippen LogP contribution in [0.3, 0.4) is 0 Å². The topological polar surface area (TPSA) is 113 Å². The summed E-state index contributed by atoms with van der Waals surface area (Å²) in [6.07, 6.45) is 1.31. The molecule has 0 aromatic heterocycles. The maximum Gasteiger partial charge on any atom is 0.266 e. The van der Waals surface area contributed by atoms with E-state index in [4.69, 9.17) is 10.4 Å². The average molecular weight is 345 g/mol. The van der Waals surface area contributed by atoms with Crippen LogP contribution < -0.4 is 10.5 Å². The minimum Gasteiger partial charge on any atom is -0.321 e. The molecule has 2 aromatic carbocycles. The molecular formula is C16H12FN3O3S. The van der Waals surface area contributed by atoms with Crippen LogP contribution in [0.1, 0.15) is 5.56 Å². The fourth-order valence-corrected chi connectivity index (χ4v) is 2.32. The number of carbonyl (C=O) groups excluding carboxylic acids is 1. The highest BCUT2D eigenvalue weighted by Gasteiger charge is 2.11. The molecule has 0 aliphatic heterocycles. The second-order valence-electron chi connectivity index (χ2n) is 4.74. The normalized spacial score (nSPS) is 11.6. The standard InChI is InChI=1S/C16H12FN3O3S/c17-13-3-1-11(2-4-13)9-12(10-18)16(21)20-14-5-7-15(8-6-14)24(19,22)23/h1-9H,(H,20,21)(H2,19,22,23). The third-order valence-corrected chi connectivity index (χ3v) is 3.92. The number of sulfonamides is 1. The lowest BCUT2D eigenvalue weighted by Crippen LogP contribution is -2.14. The Morgan fingerprint density at radius 3 is 2.21 bits per heavy atom. The Hall–Kier alpha value is -3.02. The summed E-state index contributed by atoms with van der Waals surface area (Å²) in [7, 11) is -3.82. The molecule has 2 aromatic rings. The van der Waals surface area contributed by atoms with Crippen LogP contribution in [-0.4, -0.2) is 14.3 Å². The maximum absolute atomic E-state index is 12.9.